The van der Waals surface area contributed by atoms with E-state index in [0.29, 0.717) is 18.1 Å². The molecule has 2 N–H and O–H groups in total. The molecule has 4 heteroatoms. The van der Waals surface area contributed by atoms with E-state index in [9.17, 15) is 4.79 Å². The highest BCUT2D eigenvalue weighted by atomic mass is 16.5. The lowest BCUT2D eigenvalue weighted by Gasteiger charge is -2.11. The molecular formula is C18H15NO3. The van der Waals surface area contributed by atoms with Crippen molar-refractivity contribution in [3.63, 3.8) is 0 Å². The van der Waals surface area contributed by atoms with E-state index < -0.39 is 6.09 Å². The molecule has 3 rings (SSSR count). The topological polar surface area (TPSA) is 61.6 Å². The number of ether oxygens (including phenoxy) is 2. The van der Waals surface area contributed by atoms with Crippen molar-refractivity contribution in [2.45, 2.75) is 6.61 Å². The van der Waals surface area contributed by atoms with E-state index >= 15 is 0 Å². The summed E-state index contributed by atoms with van der Waals surface area (Å²) in [5.74, 6) is 1.02. The molecule has 4 nitrogen and oxygen atoms in total. The van der Waals surface area contributed by atoms with E-state index in [0.717, 1.165) is 16.3 Å². The van der Waals surface area contributed by atoms with Crippen LogP contribution in [0.15, 0.2) is 66.7 Å². The fourth-order valence-electron chi connectivity index (χ4n) is 2.28. The third-order valence-corrected chi connectivity index (χ3v) is 3.25. The Morgan fingerprint density at radius 3 is 2.45 bits per heavy atom. The Morgan fingerprint density at radius 1 is 0.955 bits per heavy atom. The standard InChI is InChI=1S/C18H15NO3/c19-18(20)22-15-10-14-8-4-5-9-16(14)17(11-15)21-12-13-6-2-1-3-7-13/h1-11H,12H2,(H2,19,20). The molecule has 0 radical (unpaired) electrons. The van der Waals surface area contributed by atoms with Crippen LogP contribution in [0.3, 0.4) is 0 Å². The molecule has 1 amide bonds. The first-order chi connectivity index (χ1) is 10.7. The summed E-state index contributed by atoms with van der Waals surface area (Å²) >= 11 is 0. The minimum atomic E-state index is -0.843. The van der Waals surface area contributed by atoms with Gasteiger partial charge in [0.25, 0.3) is 0 Å². The number of primary amides is 1. The van der Waals surface area contributed by atoms with Crippen molar-refractivity contribution in [2.24, 2.45) is 5.73 Å². The van der Waals surface area contributed by atoms with Crippen LogP contribution in [0.1, 0.15) is 5.56 Å². The SMILES string of the molecule is NC(=O)Oc1cc(OCc2ccccc2)c2ccccc2c1. The van der Waals surface area contributed by atoms with Gasteiger partial charge in [0.1, 0.15) is 18.1 Å². The van der Waals surface area contributed by atoms with Crippen molar-refractivity contribution >= 4 is 16.9 Å². The first-order valence-corrected chi connectivity index (χ1v) is 6.89. The quantitative estimate of drug-likeness (QED) is 0.794. The van der Waals surface area contributed by atoms with Crippen LogP contribution in [-0.2, 0) is 6.61 Å². The summed E-state index contributed by atoms with van der Waals surface area (Å²) in [6.45, 7) is 0.435. The average Bonchev–Trinajstić information content (AvgIpc) is 2.53. The molecule has 0 unspecified atom stereocenters. The van der Waals surface area contributed by atoms with E-state index in [1.165, 1.54) is 0 Å². The van der Waals surface area contributed by atoms with Crippen LogP contribution in [0.5, 0.6) is 11.5 Å². The molecule has 0 aliphatic carbocycles. The Bertz CT molecular complexity index is 800. The normalized spacial score (nSPS) is 10.4. The molecule has 110 valence electrons. The van der Waals surface area contributed by atoms with E-state index in [2.05, 4.69) is 0 Å². The second-order valence-electron chi connectivity index (χ2n) is 4.84. The van der Waals surface area contributed by atoms with Gasteiger partial charge in [-0.05, 0) is 17.0 Å². The van der Waals surface area contributed by atoms with Crippen LogP contribution in [0.4, 0.5) is 4.79 Å². The maximum atomic E-state index is 11.0. The molecular weight excluding hydrogens is 278 g/mol. The van der Waals surface area contributed by atoms with E-state index in [1.807, 2.05) is 54.6 Å². The van der Waals surface area contributed by atoms with Gasteiger partial charge in [0.05, 0.1) is 0 Å². The fraction of sp³-hybridized carbons (Fsp3) is 0.0556. The van der Waals surface area contributed by atoms with Gasteiger partial charge in [0.15, 0.2) is 0 Å². The van der Waals surface area contributed by atoms with Gasteiger partial charge in [-0.15, -0.1) is 0 Å². The van der Waals surface area contributed by atoms with Crippen LogP contribution < -0.4 is 15.2 Å². The van der Waals surface area contributed by atoms with Crippen molar-refractivity contribution in [1.29, 1.82) is 0 Å². The van der Waals surface area contributed by atoms with Crippen molar-refractivity contribution in [3.8, 4) is 11.5 Å². The number of benzene rings is 3. The third kappa shape index (κ3) is 3.17. The number of hydrogen-bond acceptors (Lipinski definition) is 3. The maximum absolute atomic E-state index is 11.0. The van der Waals surface area contributed by atoms with Gasteiger partial charge in [0.2, 0.25) is 0 Å². The molecule has 22 heavy (non-hydrogen) atoms. The first-order valence-electron chi connectivity index (χ1n) is 6.89. The largest absolute Gasteiger partial charge is 0.488 e. The third-order valence-electron chi connectivity index (χ3n) is 3.25. The lowest BCUT2D eigenvalue weighted by molar-refractivity contribution is 0.210. The lowest BCUT2D eigenvalue weighted by Crippen LogP contribution is -2.16. The molecule has 0 spiro atoms. The van der Waals surface area contributed by atoms with E-state index in [-0.39, 0.29) is 0 Å². The van der Waals surface area contributed by atoms with Crippen LogP contribution in [0, 0.1) is 0 Å². The molecule has 0 aliphatic rings. The zero-order valence-corrected chi connectivity index (χ0v) is 11.9. The number of fused-ring (bicyclic) bond motifs is 1. The smallest absolute Gasteiger partial charge is 0.409 e. The van der Waals surface area contributed by atoms with E-state index in [4.69, 9.17) is 15.2 Å². The maximum Gasteiger partial charge on any atom is 0.409 e. The molecule has 3 aromatic rings. The predicted molar refractivity (Wildman–Crippen MR) is 84.9 cm³/mol. The zero-order valence-electron chi connectivity index (χ0n) is 11.9. The van der Waals surface area contributed by atoms with Gasteiger partial charge in [0, 0.05) is 11.5 Å². The minimum absolute atomic E-state index is 0.370. The van der Waals surface area contributed by atoms with Gasteiger partial charge >= 0.3 is 6.09 Å². The molecule has 0 bridgehead atoms. The van der Waals surface area contributed by atoms with Gasteiger partial charge in [-0.3, -0.25) is 0 Å². The summed E-state index contributed by atoms with van der Waals surface area (Å²) in [6, 6.07) is 21.0. The van der Waals surface area contributed by atoms with Crippen LogP contribution in [0.25, 0.3) is 10.8 Å². The molecule has 0 fully saturated rings. The summed E-state index contributed by atoms with van der Waals surface area (Å²) in [5, 5.41) is 1.87. The summed E-state index contributed by atoms with van der Waals surface area (Å²) in [6.07, 6.45) is -0.843. The highest BCUT2D eigenvalue weighted by Crippen LogP contribution is 2.31. The first kappa shape index (κ1) is 13.9. The summed E-state index contributed by atoms with van der Waals surface area (Å²) in [4.78, 5) is 11.0. The Kier molecular flexibility index (Phi) is 3.92. The summed E-state index contributed by atoms with van der Waals surface area (Å²) < 4.78 is 10.9. The Morgan fingerprint density at radius 2 is 1.68 bits per heavy atom. The minimum Gasteiger partial charge on any atom is -0.488 e. The monoisotopic (exact) mass is 293 g/mol. The Labute approximate surface area is 128 Å². The molecule has 0 saturated heterocycles. The van der Waals surface area contributed by atoms with Crippen LogP contribution in [0.2, 0.25) is 0 Å². The summed E-state index contributed by atoms with van der Waals surface area (Å²) in [7, 11) is 0. The van der Waals surface area contributed by atoms with Crippen molar-refractivity contribution in [1.82, 2.24) is 0 Å². The highest BCUT2D eigenvalue weighted by Gasteiger charge is 2.08. The molecule has 3 aromatic carbocycles. The Hall–Kier alpha value is -3.01. The Balaban J connectivity index is 1.93. The fourth-order valence-corrected chi connectivity index (χ4v) is 2.28. The average molecular weight is 293 g/mol. The van der Waals surface area contributed by atoms with Crippen LogP contribution in [-0.4, -0.2) is 6.09 Å². The molecule has 0 heterocycles. The number of hydrogen-bond donors (Lipinski definition) is 1. The number of carbonyl (C=O) groups is 1. The van der Waals surface area contributed by atoms with Crippen molar-refractivity contribution in [3.05, 3.63) is 72.3 Å². The van der Waals surface area contributed by atoms with Gasteiger partial charge < -0.3 is 15.2 Å². The molecule has 0 atom stereocenters. The molecule has 0 aliphatic heterocycles. The number of rotatable bonds is 4. The second kappa shape index (κ2) is 6.18. The highest BCUT2D eigenvalue weighted by molar-refractivity contribution is 5.90. The van der Waals surface area contributed by atoms with Crippen LogP contribution >= 0.6 is 0 Å². The predicted octanol–water partition coefficient (Wildman–Crippen LogP) is 3.88. The van der Waals surface area contributed by atoms with Gasteiger partial charge in [-0.25, -0.2) is 4.79 Å². The summed E-state index contributed by atoms with van der Waals surface area (Å²) in [5.41, 5.74) is 6.14. The second-order valence-corrected chi connectivity index (χ2v) is 4.84. The number of nitrogens with two attached hydrogens (primary N) is 1. The van der Waals surface area contributed by atoms with Gasteiger partial charge in [-0.1, -0.05) is 54.6 Å². The number of amides is 1. The van der Waals surface area contributed by atoms with Gasteiger partial charge in [-0.2, -0.15) is 0 Å². The lowest BCUT2D eigenvalue weighted by atomic mass is 10.1. The van der Waals surface area contributed by atoms with E-state index in [1.54, 1.807) is 12.1 Å². The van der Waals surface area contributed by atoms with Crippen molar-refractivity contribution < 1.29 is 14.3 Å². The molecule has 0 saturated carbocycles. The zero-order chi connectivity index (χ0) is 15.4. The van der Waals surface area contributed by atoms with Crippen molar-refractivity contribution in [2.75, 3.05) is 0 Å². The number of carbonyl (C=O) groups excluding carboxylic acids is 1. The molecule has 0 aromatic heterocycles.